The van der Waals surface area contributed by atoms with Crippen molar-refractivity contribution in [2.24, 2.45) is 0 Å². The molecule has 2 aromatic carbocycles. The van der Waals surface area contributed by atoms with Crippen LogP contribution in [0.4, 0.5) is 0 Å². The lowest BCUT2D eigenvalue weighted by Gasteiger charge is -2.16. The minimum atomic E-state index is -0.786. The van der Waals surface area contributed by atoms with Crippen LogP contribution < -0.4 is 15.4 Å². The number of fused-ring (bicyclic) bond motifs is 3. The second-order valence-corrected chi connectivity index (χ2v) is 8.16. The lowest BCUT2D eigenvalue weighted by molar-refractivity contribution is 0.00664. The maximum atomic E-state index is 12.7. The van der Waals surface area contributed by atoms with Crippen LogP contribution in [-0.4, -0.2) is 68.6 Å². The summed E-state index contributed by atoms with van der Waals surface area (Å²) < 4.78 is 16.8. The molecule has 0 radical (unpaired) electrons. The van der Waals surface area contributed by atoms with Gasteiger partial charge in [-0.05, 0) is 55.3 Å². The van der Waals surface area contributed by atoms with Crippen molar-refractivity contribution >= 4 is 11.8 Å². The molecule has 178 valence electrons. The van der Waals surface area contributed by atoms with E-state index >= 15 is 0 Å². The van der Waals surface area contributed by atoms with Gasteiger partial charge in [-0.2, -0.15) is 0 Å². The third-order valence-electron chi connectivity index (χ3n) is 5.04. The molecule has 0 aromatic heterocycles. The largest absolute Gasteiger partial charge is 0.491 e. The summed E-state index contributed by atoms with van der Waals surface area (Å²) in [6.07, 6.45) is -0.288. The summed E-state index contributed by atoms with van der Waals surface area (Å²) in [6.45, 7) is 5.59. The van der Waals surface area contributed by atoms with E-state index in [1.807, 2.05) is 32.0 Å². The highest BCUT2D eigenvalue weighted by atomic mass is 16.5. The summed E-state index contributed by atoms with van der Waals surface area (Å²) in [7, 11) is 0. The van der Waals surface area contributed by atoms with Crippen LogP contribution in [0.2, 0.25) is 0 Å². The molecule has 0 saturated carbocycles. The molecule has 3 rings (SSSR count). The predicted octanol–water partition coefficient (Wildman–Crippen LogP) is 1.93. The second-order valence-electron chi connectivity index (χ2n) is 8.16. The van der Waals surface area contributed by atoms with Gasteiger partial charge in [0.25, 0.3) is 11.8 Å². The number of amides is 2. The Kier molecular flexibility index (Phi) is 9.24. The average Bonchev–Trinajstić information content (AvgIpc) is 2.80. The van der Waals surface area contributed by atoms with Gasteiger partial charge in [0.05, 0.1) is 32.0 Å². The number of hydrogen-bond donors (Lipinski definition) is 3. The molecule has 1 aliphatic heterocycles. The first-order valence-corrected chi connectivity index (χ1v) is 11.2. The average molecular weight is 457 g/mol. The zero-order valence-electron chi connectivity index (χ0n) is 19.1. The van der Waals surface area contributed by atoms with Gasteiger partial charge < -0.3 is 30.0 Å². The fourth-order valence-corrected chi connectivity index (χ4v) is 3.37. The molecule has 8 heteroatoms. The molecule has 1 heterocycles. The van der Waals surface area contributed by atoms with Gasteiger partial charge in [0.15, 0.2) is 0 Å². The zero-order chi connectivity index (χ0) is 23.6. The van der Waals surface area contributed by atoms with Crippen LogP contribution in [0.1, 0.15) is 45.7 Å². The summed E-state index contributed by atoms with van der Waals surface area (Å²) in [6, 6.07) is 12.6. The minimum absolute atomic E-state index is 0.00874. The maximum Gasteiger partial charge on any atom is 0.251 e. The third kappa shape index (κ3) is 7.85. The predicted molar refractivity (Wildman–Crippen MR) is 124 cm³/mol. The van der Waals surface area contributed by atoms with Gasteiger partial charge in [-0.1, -0.05) is 12.1 Å². The van der Waals surface area contributed by atoms with E-state index in [2.05, 4.69) is 10.6 Å². The topological polar surface area (TPSA) is 106 Å². The van der Waals surface area contributed by atoms with E-state index in [1.54, 1.807) is 24.3 Å². The van der Waals surface area contributed by atoms with E-state index < -0.39 is 6.10 Å². The third-order valence-corrected chi connectivity index (χ3v) is 5.04. The van der Waals surface area contributed by atoms with Crippen molar-refractivity contribution in [1.29, 1.82) is 0 Å². The van der Waals surface area contributed by atoms with E-state index in [1.165, 1.54) is 0 Å². The number of aliphatic hydroxyl groups is 1. The number of carbonyl (C=O) groups excluding carboxylic acids is 2. The van der Waals surface area contributed by atoms with Gasteiger partial charge in [0.1, 0.15) is 12.4 Å². The van der Waals surface area contributed by atoms with Gasteiger partial charge >= 0.3 is 0 Å². The summed E-state index contributed by atoms with van der Waals surface area (Å²) in [4.78, 5) is 25.1. The summed E-state index contributed by atoms with van der Waals surface area (Å²) in [5.74, 6) is 0.215. The highest BCUT2D eigenvalue weighted by molar-refractivity contribution is 5.95. The van der Waals surface area contributed by atoms with Crippen molar-refractivity contribution in [2.45, 2.75) is 32.5 Å². The van der Waals surface area contributed by atoms with Crippen molar-refractivity contribution < 1.29 is 28.9 Å². The highest BCUT2D eigenvalue weighted by Crippen LogP contribution is 2.24. The van der Waals surface area contributed by atoms with Crippen LogP contribution in [0.5, 0.6) is 5.75 Å². The molecule has 0 saturated heterocycles. The molecule has 0 fully saturated rings. The van der Waals surface area contributed by atoms with E-state index in [9.17, 15) is 14.7 Å². The molecule has 0 aliphatic carbocycles. The summed E-state index contributed by atoms with van der Waals surface area (Å²) >= 11 is 0. The normalized spacial score (nSPS) is 15.6. The molecule has 0 spiro atoms. The number of rotatable bonds is 6. The standard InChI is InChI=1S/C25H32N2O6/c1-17(2)33-16-22(28)15-27-25(30)20-6-7-23-21(14-20)13-18-4-3-5-19(12-18)24(29)26-8-9-31-10-11-32-23/h3-7,12,14,17,22,28H,8-11,13,15-16H2,1-2H3,(H,26,29)(H,27,30). The molecular formula is C25H32N2O6. The lowest BCUT2D eigenvalue weighted by atomic mass is 9.99. The first-order chi connectivity index (χ1) is 15.9. The number of hydrogen-bond acceptors (Lipinski definition) is 6. The van der Waals surface area contributed by atoms with Crippen molar-refractivity contribution in [3.8, 4) is 5.75 Å². The summed E-state index contributed by atoms with van der Waals surface area (Å²) in [5.41, 5.74) is 2.78. The van der Waals surface area contributed by atoms with Crippen molar-refractivity contribution in [3.05, 3.63) is 64.7 Å². The van der Waals surface area contributed by atoms with Gasteiger partial charge in [-0.3, -0.25) is 9.59 Å². The van der Waals surface area contributed by atoms with Crippen molar-refractivity contribution in [3.63, 3.8) is 0 Å². The van der Waals surface area contributed by atoms with Crippen molar-refractivity contribution in [2.75, 3.05) is 39.5 Å². The Labute approximate surface area is 194 Å². The smallest absolute Gasteiger partial charge is 0.251 e. The molecule has 1 unspecified atom stereocenters. The Morgan fingerprint density at radius 3 is 2.85 bits per heavy atom. The first kappa shape index (κ1) is 24.7. The van der Waals surface area contributed by atoms with Crippen LogP contribution in [0.25, 0.3) is 0 Å². The Morgan fingerprint density at radius 2 is 2.03 bits per heavy atom. The second kappa shape index (κ2) is 12.3. The van der Waals surface area contributed by atoms with Crippen LogP contribution in [0.3, 0.4) is 0 Å². The quantitative estimate of drug-likeness (QED) is 0.613. The van der Waals surface area contributed by atoms with E-state index in [0.717, 1.165) is 11.1 Å². The van der Waals surface area contributed by atoms with Crippen molar-refractivity contribution in [1.82, 2.24) is 10.6 Å². The summed E-state index contributed by atoms with van der Waals surface area (Å²) in [5, 5.41) is 15.6. The Balaban J connectivity index is 1.77. The molecule has 1 aliphatic rings. The molecule has 2 aromatic rings. The Morgan fingerprint density at radius 1 is 1.18 bits per heavy atom. The minimum Gasteiger partial charge on any atom is -0.491 e. The molecule has 2 bridgehead atoms. The SMILES string of the molecule is CC(C)OCC(O)CNC(=O)c1ccc2c(c1)Cc1cccc(c1)C(=O)NCCOCCO2. The molecule has 1 atom stereocenters. The van der Waals surface area contributed by atoms with Crippen LogP contribution in [-0.2, 0) is 15.9 Å². The number of nitrogens with one attached hydrogen (secondary N) is 2. The number of benzene rings is 2. The monoisotopic (exact) mass is 456 g/mol. The lowest BCUT2D eigenvalue weighted by Crippen LogP contribution is -2.35. The van der Waals surface area contributed by atoms with Crippen LogP contribution in [0.15, 0.2) is 42.5 Å². The number of aliphatic hydroxyl groups excluding tert-OH is 1. The molecular weight excluding hydrogens is 424 g/mol. The van der Waals surface area contributed by atoms with E-state index in [0.29, 0.717) is 49.7 Å². The number of ether oxygens (including phenoxy) is 3. The zero-order valence-corrected chi connectivity index (χ0v) is 19.1. The highest BCUT2D eigenvalue weighted by Gasteiger charge is 2.15. The van der Waals surface area contributed by atoms with Crippen LogP contribution >= 0.6 is 0 Å². The fourth-order valence-electron chi connectivity index (χ4n) is 3.37. The molecule has 3 N–H and O–H groups in total. The number of carbonyl (C=O) groups is 2. The van der Waals surface area contributed by atoms with Gasteiger partial charge in [-0.25, -0.2) is 0 Å². The molecule has 2 amide bonds. The molecule has 33 heavy (non-hydrogen) atoms. The Hall–Kier alpha value is -2.94. The van der Waals surface area contributed by atoms with Crippen LogP contribution in [0, 0.1) is 0 Å². The van der Waals surface area contributed by atoms with Gasteiger partial charge in [0, 0.05) is 30.6 Å². The molecule has 8 nitrogen and oxygen atoms in total. The van der Waals surface area contributed by atoms with E-state index in [-0.39, 0.29) is 31.1 Å². The Bertz CT molecular complexity index is 946. The first-order valence-electron chi connectivity index (χ1n) is 11.2. The van der Waals surface area contributed by atoms with Gasteiger partial charge in [-0.15, -0.1) is 0 Å². The van der Waals surface area contributed by atoms with Gasteiger partial charge in [0.2, 0.25) is 0 Å². The maximum absolute atomic E-state index is 12.7. The van der Waals surface area contributed by atoms with E-state index in [4.69, 9.17) is 14.2 Å². The fraction of sp³-hybridized carbons (Fsp3) is 0.440.